The van der Waals surface area contributed by atoms with Gasteiger partial charge in [0.15, 0.2) is 5.78 Å². The van der Waals surface area contributed by atoms with E-state index in [2.05, 4.69) is 4.98 Å². The van der Waals surface area contributed by atoms with Crippen molar-refractivity contribution >= 4 is 39.9 Å². The van der Waals surface area contributed by atoms with Crippen molar-refractivity contribution in [1.29, 1.82) is 0 Å². The Labute approximate surface area is 126 Å². The number of fused-ring (bicyclic) bond motifs is 1. The fourth-order valence-corrected chi connectivity index (χ4v) is 2.85. The molecule has 3 rings (SSSR count). The first kappa shape index (κ1) is 13.2. The van der Waals surface area contributed by atoms with E-state index in [1.807, 2.05) is 31.2 Å². The normalized spacial score (nSPS) is 10.9. The molecule has 0 radical (unpaired) electrons. The monoisotopic (exact) mass is 303 g/mol. The first-order chi connectivity index (χ1) is 9.56. The number of aromatic amines is 1. The molecule has 1 heterocycles. The molecule has 2 aromatic carbocycles. The number of nitrogens with one attached hydrogen (secondary N) is 1. The van der Waals surface area contributed by atoms with E-state index in [1.54, 1.807) is 18.3 Å². The summed E-state index contributed by atoms with van der Waals surface area (Å²) in [7, 11) is 0. The largest absolute Gasteiger partial charge is 0.359 e. The number of rotatable bonds is 2. The summed E-state index contributed by atoms with van der Waals surface area (Å²) in [6.07, 6.45) is 1.69. The third-order valence-corrected chi connectivity index (χ3v) is 3.75. The number of aryl methyl sites for hydroxylation is 1. The SMILES string of the molecule is Cc1cc(Cl)cc(C(=O)c2c[nH]c3c(Cl)cccc23)c1. The maximum absolute atomic E-state index is 12.6. The van der Waals surface area contributed by atoms with E-state index in [0.717, 1.165) is 16.5 Å². The summed E-state index contributed by atoms with van der Waals surface area (Å²) >= 11 is 12.1. The van der Waals surface area contributed by atoms with Crippen molar-refractivity contribution in [3.8, 4) is 0 Å². The average Bonchev–Trinajstić information content (AvgIpc) is 2.82. The topological polar surface area (TPSA) is 32.9 Å². The van der Waals surface area contributed by atoms with Gasteiger partial charge in [-0.1, -0.05) is 35.3 Å². The number of hydrogen-bond donors (Lipinski definition) is 1. The zero-order chi connectivity index (χ0) is 14.3. The molecule has 2 nitrogen and oxygen atoms in total. The van der Waals surface area contributed by atoms with Crippen LogP contribution in [-0.2, 0) is 0 Å². The van der Waals surface area contributed by atoms with E-state index < -0.39 is 0 Å². The number of H-pyrrole nitrogens is 1. The Hall–Kier alpha value is -1.77. The number of para-hydroxylation sites is 1. The molecule has 100 valence electrons. The molecule has 0 aliphatic carbocycles. The molecule has 0 saturated heterocycles. The second kappa shape index (κ2) is 4.97. The zero-order valence-corrected chi connectivity index (χ0v) is 12.2. The summed E-state index contributed by atoms with van der Waals surface area (Å²) in [5.41, 5.74) is 2.91. The Balaban J connectivity index is 2.15. The number of aromatic nitrogens is 1. The second-order valence-electron chi connectivity index (χ2n) is 4.71. The minimum Gasteiger partial charge on any atom is -0.359 e. The van der Waals surface area contributed by atoms with Gasteiger partial charge in [-0.15, -0.1) is 0 Å². The lowest BCUT2D eigenvalue weighted by Crippen LogP contribution is -2.00. The Morgan fingerprint density at radius 2 is 1.95 bits per heavy atom. The summed E-state index contributed by atoms with van der Waals surface area (Å²) in [5.74, 6) is -0.0656. The van der Waals surface area contributed by atoms with Gasteiger partial charge in [-0.3, -0.25) is 4.79 Å². The molecule has 20 heavy (non-hydrogen) atoms. The standard InChI is InChI=1S/C16H11Cl2NO/c1-9-5-10(7-11(17)6-9)16(20)13-8-19-15-12(13)3-2-4-14(15)18/h2-8,19H,1H3. The Bertz CT molecular complexity index is 800. The van der Waals surface area contributed by atoms with E-state index in [4.69, 9.17) is 23.2 Å². The number of hydrogen-bond acceptors (Lipinski definition) is 1. The van der Waals surface area contributed by atoms with Gasteiger partial charge in [0, 0.05) is 27.7 Å². The molecule has 0 bridgehead atoms. The first-order valence-electron chi connectivity index (χ1n) is 6.14. The van der Waals surface area contributed by atoms with Crippen molar-refractivity contribution in [2.24, 2.45) is 0 Å². The molecule has 0 saturated carbocycles. The van der Waals surface area contributed by atoms with Crippen LogP contribution in [0.1, 0.15) is 21.5 Å². The predicted octanol–water partition coefficient (Wildman–Crippen LogP) is 5.01. The highest BCUT2D eigenvalue weighted by Gasteiger charge is 2.15. The van der Waals surface area contributed by atoms with Crippen LogP contribution in [0.25, 0.3) is 10.9 Å². The second-order valence-corrected chi connectivity index (χ2v) is 5.55. The van der Waals surface area contributed by atoms with Gasteiger partial charge in [0.05, 0.1) is 10.5 Å². The molecule has 0 aliphatic heterocycles. The van der Waals surface area contributed by atoms with Gasteiger partial charge in [0.1, 0.15) is 0 Å². The quantitative estimate of drug-likeness (QED) is 0.663. The van der Waals surface area contributed by atoms with Crippen molar-refractivity contribution in [1.82, 2.24) is 4.98 Å². The van der Waals surface area contributed by atoms with Crippen LogP contribution in [0, 0.1) is 6.92 Å². The van der Waals surface area contributed by atoms with Crippen molar-refractivity contribution in [3.63, 3.8) is 0 Å². The Kier molecular flexibility index (Phi) is 3.28. The van der Waals surface area contributed by atoms with Crippen molar-refractivity contribution in [3.05, 3.63) is 69.3 Å². The molecule has 1 N–H and O–H groups in total. The highest BCUT2D eigenvalue weighted by molar-refractivity contribution is 6.36. The van der Waals surface area contributed by atoms with Gasteiger partial charge in [-0.25, -0.2) is 0 Å². The maximum atomic E-state index is 12.6. The first-order valence-corrected chi connectivity index (χ1v) is 6.89. The summed E-state index contributed by atoms with van der Waals surface area (Å²) in [6, 6.07) is 10.8. The van der Waals surface area contributed by atoms with Crippen LogP contribution in [-0.4, -0.2) is 10.8 Å². The Morgan fingerprint density at radius 1 is 1.15 bits per heavy atom. The van der Waals surface area contributed by atoms with Gasteiger partial charge >= 0.3 is 0 Å². The van der Waals surface area contributed by atoms with Crippen molar-refractivity contribution in [2.75, 3.05) is 0 Å². The van der Waals surface area contributed by atoms with Gasteiger partial charge in [-0.05, 0) is 36.8 Å². The third-order valence-electron chi connectivity index (χ3n) is 3.21. The summed E-state index contributed by atoms with van der Waals surface area (Å²) < 4.78 is 0. The fourth-order valence-electron chi connectivity index (χ4n) is 2.33. The minimum absolute atomic E-state index is 0.0656. The number of benzene rings is 2. The van der Waals surface area contributed by atoms with Crippen LogP contribution in [0.4, 0.5) is 0 Å². The summed E-state index contributed by atoms with van der Waals surface area (Å²) in [6.45, 7) is 1.91. The molecular formula is C16H11Cl2NO. The molecule has 1 aromatic heterocycles. The lowest BCUT2D eigenvalue weighted by atomic mass is 10.0. The van der Waals surface area contributed by atoms with Gasteiger partial charge < -0.3 is 4.98 Å². The van der Waals surface area contributed by atoms with Crippen LogP contribution in [0.2, 0.25) is 10.0 Å². The molecule has 0 spiro atoms. The van der Waals surface area contributed by atoms with Crippen LogP contribution in [0.3, 0.4) is 0 Å². The predicted molar refractivity (Wildman–Crippen MR) is 82.9 cm³/mol. The number of carbonyl (C=O) groups excluding carboxylic acids is 1. The Morgan fingerprint density at radius 3 is 2.70 bits per heavy atom. The molecule has 4 heteroatoms. The molecule has 3 aromatic rings. The van der Waals surface area contributed by atoms with Gasteiger partial charge in [-0.2, -0.15) is 0 Å². The van der Waals surface area contributed by atoms with E-state index in [9.17, 15) is 4.79 Å². The van der Waals surface area contributed by atoms with Crippen LogP contribution < -0.4 is 0 Å². The summed E-state index contributed by atoms with van der Waals surface area (Å²) in [5, 5.41) is 1.98. The molecule has 0 fully saturated rings. The van der Waals surface area contributed by atoms with Gasteiger partial charge in [0.2, 0.25) is 0 Å². The average molecular weight is 304 g/mol. The van der Waals surface area contributed by atoms with E-state index in [1.165, 1.54) is 0 Å². The van der Waals surface area contributed by atoms with Crippen LogP contribution >= 0.6 is 23.2 Å². The van der Waals surface area contributed by atoms with Crippen molar-refractivity contribution < 1.29 is 4.79 Å². The molecule has 0 amide bonds. The number of carbonyl (C=O) groups is 1. The smallest absolute Gasteiger partial charge is 0.195 e. The molecule has 0 unspecified atom stereocenters. The summed E-state index contributed by atoms with van der Waals surface area (Å²) in [4.78, 5) is 15.7. The third kappa shape index (κ3) is 2.21. The zero-order valence-electron chi connectivity index (χ0n) is 10.7. The van der Waals surface area contributed by atoms with Crippen LogP contribution in [0.15, 0.2) is 42.6 Å². The lowest BCUT2D eigenvalue weighted by molar-refractivity contribution is 0.104. The molecular weight excluding hydrogens is 293 g/mol. The number of ketones is 1. The minimum atomic E-state index is -0.0656. The molecule has 0 aliphatic rings. The van der Waals surface area contributed by atoms with E-state index in [0.29, 0.717) is 21.2 Å². The van der Waals surface area contributed by atoms with Gasteiger partial charge in [0.25, 0.3) is 0 Å². The van der Waals surface area contributed by atoms with E-state index >= 15 is 0 Å². The highest BCUT2D eigenvalue weighted by Crippen LogP contribution is 2.27. The molecule has 0 atom stereocenters. The number of halogens is 2. The lowest BCUT2D eigenvalue weighted by Gasteiger charge is -2.03. The van der Waals surface area contributed by atoms with Crippen LogP contribution in [0.5, 0.6) is 0 Å². The highest BCUT2D eigenvalue weighted by atomic mass is 35.5. The van der Waals surface area contributed by atoms with E-state index in [-0.39, 0.29) is 5.78 Å². The maximum Gasteiger partial charge on any atom is 0.195 e. The van der Waals surface area contributed by atoms with Crippen molar-refractivity contribution in [2.45, 2.75) is 6.92 Å². The fraction of sp³-hybridized carbons (Fsp3) is 0.0625.